The number of likely N-dealkylation sites (tertiary alicyclic amines) is 1. The maximum absolute atomic E-state index is 13.1. The van der Waals surface area contributed by atoms with Gasteiger partial charge in [-0.2, -0.15) is 0 Å². The maximum atomic E-state index is 13.1. The van der Waals surface area contributed by atoms with Crippen LogP contribution in [-0.2, 0) is 0 Å². The van der Waals surface area contributed by atoms with E-state index in [-0.39, 0.29) is 11.8 Å². The Labute approximate surface area is 163 Å². The molecule has 0 saturated carbocycles. The van der Waals surface area contributed by atoms with Gasteiger partial charge in [-0.1, -0.05) is 29.8 Å². The minimum atomic E-state index is -0.311. The topological polar surface area (TPSA) is 71.2 Å². The number of rotatable bonds is 3. The molecule has 142 valence electrons. The highest BCUT2D eigenvalue weighted by Gasteiger charge is 2.32. The molecule has 4 rings (SSSR count). The summed E-state index contributed by atoms with van der Waals surface area (Å²) in [6, 6.07) is 17.6. The fourth-order valence-electron chi connectivity index (χ4n) is 3.23. The molecule has 0 bridgehead atoms. The predicted octanol–water partition coefficient (Wildman–Crippen LogP) is 4.41. The standard InChI is InChI=1S/C22H21FN4O/c1-14-2-4-15(5-3-14)17-12-27(13-17)22(28)26-21-19(24)10-11-20(25-21)16-6-8-18(23)9-7-16/h2-11,17H,12-13,24H2,1H3,(H,25,26,28). The van der Waals surface area contributed by atoms with Gasteiger partial charge in [0.15, 0.2) is 5.82 Å². The molecule has 1 aliphatic heterocycles. The van der Waals surface area contributed by atoms with Gasteiger partial charge >= 0.3 is 6.03 Å². The highest BCUT2D eigenvalue weighted by molar-refractivity contribution is 5.92. The number of amides is 2. The number of halogens is 1. The van der Waals surface area contributed by atoms with E-state index in [1.165, 1.54) is 23.3 Å². The normalized spacial score (nSPS) is 13.9. The van der Waals surface area contributed by atoms with Crippen LogP contribution in [0.2, 0.25) is 0 Å². The van der Waals surface area contributed by atoms with E-state index in [0.717, 1.165) is 5.56 Å². The number of pyridine rings is 1. The molecule has 3 aromatic rings. The molecular weight excluding hydrogens is 355 g/mol. The largest absolute Gasteiger partial charge is 0.396 e. The van der Waals surface area contributed by atoms with Crippen LogP contribution in [0.3, 0.4) is 0 Å². The van der Waals surface area contributed by atoms with Gasteiger partial charge in [0.2, 0.25) is 0 Å². The van der Waals surface area contributed by atoms with Gasteiger partial charge < -0.3 is 10.6 Å². The van der Waals surface area contributed by atoms with Crippen molar-refractivity contribution in [3.05, 3.63) is 77.6 Å². The lowest BCUT2D eigenvalue weighted by Crippen LogP contribution is -2.50. The van der Waals surface area contributed by atoms with Gasteiger partial charge in [0, 0.05) is 24.6 Å². The van der Waals surface area contributed by atoms with Crippen molar-refractivity contribution in [1.82, 2.24) is 9.88 Å². The van der Waals surface area contributed by atoms with Gasteiger partial charge in [0.1, 0.15) is 5.82 Å². The summed E-state index contributed by atoms with van der Waals surface area (Å²) in [7, 11) is 0. The van der Waals surface area contributed by atoms with E-state index in [2.05, 4.69) is 41.5 Å². The fourth-order valence-corrected chi connectivity index (χ4v) is 3.23. The number of nitrogens with zero attached hydrogens (tertiary/aromatic N) is 2. The zero-order valence-corrected chi connectivity index (χ0v) is 15.5. The Morgan fingerprint density at radius 2 is 1.75 bits per heavy atom. The van der Waals surface area contributed by atoms with Crippen molar-refractivity contribution in [2.24, 2.45) is 0 Å². The highest BCUT2D eigenvalue weighted by atomic mass is 19.1. The first-order valence-corrected chi connectivity index (χ1v) is 9.14. The van der Waals surface area contributed by atoms with E-state index in [9.17, 15) is 9.18 Å². The van der Waals surface area contributed by atoms with E-state index < -0.39 is 0 Å². The van der Waals surface area contributed by atoms with Gasteiger partial charge in [-0.05, 0) is 48.9 Å². The van der Waals surface area contributed by atoms with Crippen molar-refractivity contribution in [2.45, 2.75) is 12.8 Å². The molecule has 0 unspecified atom stereocenters. The smallest absolute Gasteiger partial charge is 0.323 e. The third kappa shape index (κ3) is 3.67. The Bertz CT molecular complexity index is 996. The highest BCUT2D eigenvalue weighted by Crippen LogP contribution is 2.29. The number of anilines is 2. The molecule has 3 N–H and O–H groups in total. The molecule has 1 saturated heterocycles. The van der Waals surface area contributed by atoms with E-state index in [0.29, 0.717) is 36.2 Å². The van der Waals surface area contributed by atoms with Crippen LogP contribution in [0.15, 0.2) is 60.7 Å². The predicted molar refractivity (Wildman–Crippen MR) is 109 cm³/mol. The number of benzene rings is 2. The van der Waals surface area contributed by atoms with Gasteiger partial charge in [-0.15, -0.1) is 0 Å². The summed E-state index contributed by atoms with van der Waals surface area (Å²) >= 11 is 0. The van der Waals surface area contributed by atoms with Crippen LogP contribution >= 0.6 is 0 Å². The zero-order chi connectivity index (χ0) is 19.7. The molecule has 1 fully saturated rings. The average Bonchev–Trinajstić information content (AvgIpc) is 2.65. The molecule has 0 atom stereocenters. The molecule has 2 heterocycles. The number of nitrogens with one attached hydrogen (secondary N) is 1. The van der Waals surface area contributed by atoms with Crippen LogP contribution in [0.1, 0.15) is 17.0 Å². The number of aromatic nitrogens is 1. The zero-order valence-electron chi connectivity index (χ0n) is 15.5. The van der Waals surface area contributed by atoms with Crippen LogP contribution in [-0.4, -0.2) is 29.0 Å². The summed E-state index contributed by atoms with van der Waals surface area (Å²) in [5.41, 5.74) is 10.2. The summed E-state index contributed by atoms with van der Waals surface area (Å²) in [4.78, 5) is 18.7. The van der Waals surface area contributed by atoms with Gasteiger partial charge in [-0.3, -0.25) is 5.32 Å². The molecule has 2 amide bonds. The van der Waals surface area contributed by atoms with Gasteiger partial charge in [0.25, 0.3) is 0 Å². The molecule has 6 heteroatoms. The first-order valence-electron chi connectivity index (χ1n) is 9.14. The lowest BCUT2D eigenvalue weighted by molar-refractivity contribution is 0.164. The Hall–Kier alpha value is -3.41. The van der Waals surface area contributed by atoms with Gasteiger partial charge in [0.05, 0.1) is 11.4 Å². The second-order valence-electron chi connectivity index (χ2n) is 7.08. The van der Waals surface area contributed by atoms with E-state index in [1.807, 2.05) is 0 Å². The second-order valence-corrected chi connectivity index (χ2v) is 7.08. The summed E-state index contributed by atoms with van der Waals surface area (Å²) < 4.78 is 13.1. The number of hydrogen-bond donors (Lipinski definition) is 2. The summed E-state index contributed by atoms with van der Waals surface area (Å²) in [6.07, 6.45) is 0. The summed E-state index contributed by atoms with van der Waals surface area (Å²) in [6.45, 7) is 3.38. The molecule has 1 aromatic heterocycles. The molecule has 0 spiro atoms. The Morgan fingerprint density at radius 3 is 2.43 bits per heavy atom. The lowest BCUT2D eigenvalue weighted by atomic mass is 9.91. The molecule has 1 aliphatic rings. The number of nitrogen functional groups attached to an aromatic ring is 1. The van der Waals surface area contributed by atoms with Crippen molar-refractivity contribution >= 4 is 17.5 Å². The first kappa shape index (κ1) is 18.0. The minimum Gasteiger partial charge on any atom is -0.396 e. The number of aryl methyl sites for hydroxylation is 1. The van der Waals surface area contributed by atoms with E-state index in [4.69, 9.17) is 5.73 Å². The van der Waals surface area contributed by atoms with Crippen LogP contribution in [0.5, 0.6) is 0 Å². The van der Waals surface area contributed by atoms with Crippen LogP contribution in [0.4, 0.5) is 20.7 Å². The van der Waals surface area contributed by atoms with E-state index in [1.54, 1.807) is 29.2 Å². The third-order valence-electron chi connectivity index (χ3n) is 5.01. The monoisotopic (exact) mass is 376 g/mol. The number of urea groups is 1. The summed E-state index contributed by atoms with van der Waals surface area (Å²) in [5.74, 6) is 0.349. The van der Waals surface area contributed by atoms with Crippen molar-refractivity contribution in [3.63, 3.8) is 0 Å². The molecule has 2 aromatic carbocycles. The molecule has 0 aliphatic carbocycles. The van der Waals surface area contributed by atoms with Crippen LogP contribution < -0.4 is 11.1 Å². The maximum Gasteiger partial charge on any atom is 0.323 e. The minimum absolute atomic E-state index is 0.223. The third-order valence-corrected chi connectivity index (χ3v) is 5.01. The van der Waals surface area contributed by atoms with E-state index >= 15 is 0 Å². The Balaban J connectivity index is 1.43. The fraction of sp³-hybridized carbons (Fsp3) is 0.182. The number of carbonyl (C=O) groups excluding carboxylic acids is 1. The Kier molecular flexibility index (Phi) is 4.69. The number of carbonyl (C=O) groups is 1. The molecule has 0 radical (unpaired) electrons. The number of nitrogens with two attached hydrogens (primary N) is 1. The quantitative estimate of drug-likeness (QED) is 0.711. The molecule has 28 heavy (non-hydrogen) atoms. The first-order chi connectivity index (χ1) is 13.5. The Morgan fingerprint density at radius 1 is 1.07 bits per heavy atom. The average molecular weight is 376 g/mol. The van der Waals surface area contributed by atoms with Crippen molar-refractivity contribution in [2.75, 3.05) is 24.1 Å². The molecule has 5 nitrogen and oxygen atoms in total. The lowest BCUT2D eigenvalue weighted by Gasteiger charge is -2.39. The second kappa shape index (κ2) is 7.31. The van der Waals surface area contributed by atoms with Crippen molar-refractivity contribution in [1.29, 1.82) is 0 Å². The van der Waals surface area contributed by atoms with Gasteiger partial charge in [-0.25, -0.2) is 14.2 Å². The van der Waals surface area contributed by atoms with Crippen molar-refractivity contribution in [3.8, 4) is 11.3 Å². The van der Waals surface area contributed by atoms with Crippen LogP contribution in [0, 0.1) is 12.7 Å². The number of hydrogen-bond acceptors (Lipinski definition) is 3. The summed E-state index contributed by atoms with van der Waals surface area (Å²) in [5, 5.41) is 2.79. The SMILES string of the molecule is Cc1ccc(C2CN(C(=O)Nc3nc(-c4ccc(F)cc4)ccc3N)C2)cc1. The van der Waals surface area contributed by atoms with Crippen LogP contribution in [0.25, 0.3) is 11.3 Å². The van der Waals surface area contributed by atoms with Crippen molar-refractivity contribution < 1.29 is 9.18 Å². The molecular formula is C22H21FN4O.